The second-order valence-corrected chi connectivity index (χ2v) is 3.54. The minimum atomic E-state index is -0.0947. The van der Waals surface area contributed by atoms with Gasteiger partial charge in [-0.15, -0.1) is 0 Å². The van der Waals surface area contributed by atoms with Crippen LogP contribution >= 0.6 is 0 Å². The fraction of sp³-hybridized carbons (Fsp3) is 0.455. The van der Waals surface area contributed by atoms with E-state index >= 15 is 0 Å². The van der Waals surface area contributed by atoms with Crippen molar-refractivity contribution < 1.29 is 4.39 Å². The number of benzene rings is 1. The molecule has 1 nitrogen and oxygen atoms in total. The molecule has 0 saturated heterocycles. The highest BCUT2D eigenvalue weighted by Gasteiger charge is 2.06. The maximum absolute atomic E-state index is 13.4. The third-order valence-electron chi connectivity index (χ3n) is 2.07. The average molecular weight is 181 g/mol. The normalized spacial score (nSPS) is 10.8. The minimum absolute atomic E-state index is 0.0947. The van der Waals surface area contributed by atoms with E-state index in [4.69, 9.17) is 0 Å². The maximum Gasteiger partial charge on any atom is 0.126 e. The molecule has 0 aliphatic heterocycles. The predicted octanol–water partition coefficient (Wildman–Crippen LogP) is 2.67. The first kappa shape index (κ1) is 10.2. The first-order chi connectivity index (χ1) is 6.15. The number of rotatable bonds is 3. The third kappa shape index (κ3) is 2.52. The molecule has 1 rings (SSSR count). The van der Waals surface area contributed by atoms with Crippen LogP contribution in [0.15, 0.2) is 18.2 Å². The summed E-state index contributed by atoms with van der Waals surface area (Å²) >= 11 is 0. The van der Waals surface area contributed by atoms with E-state index in [1.807, 2.05) is 33.0 Å². The summed E-state index contributed by atoms with van der Waals surface area (Å²) in [6.07, 6.45) is 0. The van der Waals surface area contributed by atoms with Gasteiger partial charge in [-0.1, -0.05) is 26.0 Å². The Morgan fingerprint density at radius 2 is 2.08 bits per heavy atom. The fourth-order valence-corrected chi connectivity index (χ4v) is 1.35. The highest BCUT2D eigenvalue weighted by atomic mass is 19.1. The molecule has 0 heterocycles. The molecule has 0 atom stereocenters. The zero-order valence-corrected chi connectivity index (χ0v) is 8.39. The van der Waals surface area contributed by atoms with Crippen LogP contribution in [0.5, 0.6) is 0 Å². The van der Waals surface area contributed by atoms with Crippen LogP contribution in [0.2, 0.25) is 0 Å². The van der Waals surface area contributed by atoms with E-state index in [0.717, 1.165) is 17.7 Å². The standard InChI is InChI=1S/C11H16FN/c1-8(2)10-5-4-9(7-13-3)6-11(10)12/h4-6,8,13H,7H2,1-3H3. The van der Waals surface area contributed by atoms with E-state index in [0.29, 0.717) is 0 Å². The molecule has 72 valence electrons. The van der Waals surface area contributed by atoms with Gasteiger partial charge in [-0.3, -0.25) is 0 Å². The van der Waals surface area contributed by atoms with E-state index in [1.54, 1.807) is 6.07 Å². The number of hydrogen-bond donors (Lipinski definition) is 1. The highest BCUT2D eigenvalue weighted by molar-refractivity contribution is 5.26. The maximum atomic E-state index is 13.4. The molecule has 0 radical (unpaired) electrons. The molecule has 2 heteroatoms. The van der Waals surface area contributed by atoms with Crippen molar-refractivity contribution in [3.63, 3.8) is 0 Å². The summed E-state index contributed by atoms with van der Waals surface area (Å²) in [5.41, 5.74) is 1.78. The van der Waals surface area contributed by atoms with Gasteiger partial charge in [-0.05, 0) is 30.2 Å². The largest absolute Gasteiger partial charge is 0.316 e. The molecular formula is C11H16FN. The quantitative estimate of drug-likeness (QED) is 0.756. The molecule has 0 saturated carbocycles. The van der Waals surface area contributed by atoms with Crippen LogP contribution in [0.25, 0.3) is 0 Å². The van der Waals surface area contributed by atoms with Crippen molar-refractivity contribution in [1.82, 2.24) is 5.32 Å². The lowest BCUT2D eigenvalue weighted by Crippen LogP contribution is -2.06. The molecule has 0 aliphatic carbocycles. The Balaban J connectivity index is 2.92. The van der Waals surface area contributed by atoms with Gasteiger partial charge in [0.25, 0.3) is 0 Å². The highest BCUT2D eigenvalue weighted by Crippen LogP contribution is 2.19. The van der Waals surface area contributed by atoms with Crippen LogP contribution in [0, 0.1) is 5.82 Å². The molecule has 0 fully saturated rings. The Kier molecular flexibility index (Phi) is 3.43. The van der Waals surface area contributed by atoms with Crippen molar-refractivity contribution in [2.24, 2.45) is 0 Å². The molecule has 0 aliphatic rings. The van der Waals surface area contributed by atoms with E-state index in [1.165, 1.54) is 0 Å². The number of hydrogen-bond acceptors (Lipinski definition) is 1. The second-order valence-electron chi connectivity index (χ2n) is 3.54. The summed E-state index contributed by atoms with van der Waals surface area (Å²) in [6, 6.07) is 5.44. The van der Waals surface area contributed by atoms with Gasteiger partial charge < -0.3 is 5.32 Å². The Morgan fingerprint density at radius 1 is 1.38 bits per heavy atom. The smallest absolute Gasteiger partial charge is 0.126 e. The molecule has 1 aromatic carbocycles. The summed E-state index contributed by atoms with van der Waals surface area (Å²) < 4.78 is 13.4. The molecule has 1 N–H and O–H groups in total. The molecule has 0 amide bonds. The van der Waals surface area contributed by atoms with Gasteiger partial charge in [0, 0.05) is 6.54 Å². The van der Waals surface area contributed by atoms with Crippen molar-refractivity contribution in [2.45, 2.75) is 26.3 Å². The minimum Gasteiger partial charge on any atom is -0.316 e. The Labute approximate surface area is 79.0 Å². The summed E-state index contributed by atoms with van der Waals surface area (Å²) in [5.74, 6) is 0.159. The Bertz CT molecular complexity index is 281. The molecule has 13 heavy (non-hydrogen) atoms. The van der Waals surface area contributed by atoms with E-state index in [-0.39, 0.29) is 11.7 Å². The molecule has 0 aromatic heterocycles. The summed E-state index contributed by atoms with van der Waals surface area (Å²) in [5, 5.41) is 2.99. The zero-order valence-electron chi connectivity index (χ0n) is 8.39. The average Bonchev–Trinajstić information content (AvgIpc) is 2.04. The molecule has 1 aromatic rings. The monoisotopic (exact) mass is 181 g/mol. The predicted molar refractivity (Wildman–Crippen MR) is 53.3 cm³/mol. The van der Waals surface area contributed by atoms with Crippen LogP contribution in [0.3, 0.4) is 0 Å². The zero-order chi connectivity index (χ0) is 9.84. The van der Waals surface area contributed by atoms with Crippen LogP contribution < -0.4 is 5.32 Å². The lowest BCUT2D eigenvalue weighted by atomic mass is 10.0. The number of halogens is 1. The van der Waals surface area contributed by atoms with Crippen molar-refractivity contribution in [3.8, 4) is 0 Å². The summed E-state index contributed by atoms with van der Waals surface area (Å²) in [4.78, 5) is 0. The van der Waals surface area contributed by atoms with Crippen LogP contribution in [0.1, 0.15) is 30.9 Å². The third-order valence-corrected chi connectivity index (χ3v) is 2.07. The summed E-state index contributed by atoms with van der Waals surface area (Å²) in [6.45, 7) is 4.71. The topological polar surface area (TPSA) is 12.0 Å². The van der Waals surface area contributed by atoms with Gasteiger partial charge >= 0.3 is 0 Å². The molecule has 0 spiro atoms. The van der Waals surface area contributed by atoms with Gasteiger partial charge in [-0.25, -0.2) is 4.39 Å². The van der Waals surface area contributed by atoms with Crippen LogP contribution in [-0.4, -0.2) is 7.05 Å². The van der Waals surface area contributed by atoms with Crippen molar-refractivity contribution in [1.29, 1.82) is 0 Å². The molecule has 0 bridgehead atoms. The molecular weight excluding hydrogens is 165 g/mol. The van der Waals surface area contributed by atoms with Crippen molar-refractivity contribution in [2.75, 3.05) is 7.05 Å². The van der Waals surface area contributed by atoms with E-state index in [9.17, 15) is 4.39 Å². The lowest BCUT2D eigenvalue weighted by molar-refractivity contribution is 0.595. The Morgan fingerprint density at radius 3 is 2.54 bits per heavy atom. The second kappa shape index (κ2) is 4.38. The van der Waals surface area contributed by atoms with Gasteiger partial charge in [0.2, 0.25) is 0 Å². The van der Waals surface area contributed by atoms with Crippen LogP contribution in [-0.2, 0) is 6.54 Å². The van der Waals surface area contributed by atoms with E-state index in [2.05, 4.69) is 5.32 Å². The van der Waals surface area contributed by atoms with E-state index < -0.39 is 0 Å². The Hall–Kier alpha value is -0.890. The van der Waals surface area contributed by atoms with Crippen LogP contribution in [0.4, 0.5) is 4.39 Å². The van der Waals surface area contributed by atoms with Gasteiger partial charge in [0.15, 0.2) is 0 Å². The SMILES string of the molecule is CNCc1ccc(C(C)C)c(F)c1. The lowest BCUT2D eigenvalue weighted by Gasteiger charge is -2.08. The molecule has 0 unspecified atom stereocenters. The van der Waals surface area contributed by atoms with Gasteiger partial charge in [0.1, 0.15) is 5.82 Å². The number of nitrogens with one attached hydrogen (secondary N) is 1. The first-order valence-corrected chi connectivity index (χ1v) is 4.58. The van der Waals surface area contributed by atoms with Gasteiger partial charge in [-0.2, -0.15) is 0 Å². The first-order valence-electron chi connectivity index (χ1n) is 4.58. The fourth-order valence-electron chi connectivity index (χ4n) is 1.35. The van der Waals surface area contributed by atoms with Gasteiger partial charge in [0.05, 0.1) is 0 Å². The summed E-state index contributed by atoms with van der Waals surface area (Å²) in [7, 11) is 1.86. The van der Waals surface area contributed by atoms with Crippen molar-refractivity contribution in [3.05, 3.63) is 35.1 Å². The van der Waals surface area contributed by atoms with Crippen molar-refractivity contribution >= 4 is 0 Å².